The molecule has 216 valence electrons. The lowest BCUT2D eigenvalue weighted by atomic mass is 9.74. The fraction of sp³-hybridized carbons (Fsp3) is 0.0976. The second-order valence-electron chi connectivity index (χ2n) is 11.8. The Morgan fingerprint density at radius 2 is 1.38 bits per heavy atom. The van der Waals surface area contributed by atoms with Gasteiger partial charge in [-0.1, -0.05) is 91.9 Å². The second-order valence-corrected chi connectivity index (χ2v) is 11.8. The molecule has 6 aromatic rings. The molecule has 2 unspecified atom stereocenters. The van der Waals surface area contributed by atoms with Crippen molar-refractivity contribution < 1.29 is 0 Å². The molecular weight excluding hydrogens is 548 g/mol. The molecule has 4 nitrogen and oxygen atoms in total. The summed E-state index contributed by atoms with van der Waals surface area (Å²) in [5, 5.41) is 5.84. The number of pyridine rings is 3. The molecule has 3 aromatic carbocycles. The van der Waals surface area contributed by atoms with Crippen LogP contribution in [0.4, 0.5) is 0 Å². The highest BCUT2D eigenvalue weighted by Crippen LogP contribution is 2.48. The maximum Gasteiger partial charge on any atom is 0.0886 e. The number of rotatable bonds is 5. The number of nitrogens with one attached hydrogen (secondary N) is 1. The molecular formula is C41H32N4. The number of nitrogens with zero attached hydrogens (tertiary/aromatic N) is 3. The smallest absolute Gasteiger partial charge is 0.0886 e. The fourth-order valence-electron chi connectivity index (χ4n) is 6.81. The summed E-state index contributed by atoms with van der Waals surface area (Å²) in [5.41, 5.74) is 12.7. The van der Waals surface area contributed by atoms with Crippen molar-refractivity contribution in [3.8, 4) is 33.6 Å². The topological polar surface area (TPSA) is 50.7 Å². The third-order valence-corrected chi connectivity index (χ3v) is 8.97. The van der Waals surface area contributed by atoms with Crippen molar-refractivity contribution in [2.24, 2.45) is 5.92 Å². The Morgan fingerprint density at radius 3 is 2.09 bits per heavy atom. The second kappa shape index (κ2) is 11.5. The summed E-state index contributed by atoms with van der Waals surface area (Å²) in [5.74, 6) is 0.353. The van der Waals surface area contributed by atoms with E-state index >= 15 is 0 Å². The van der Waals surface area contributed by atoms with Gasteiger partial charge in [0.05, 0.1) is 23.1 Å². The molecule has 0 amide bonds. The van der Waals surface area contributed by atoms with Gasteiger partial charge in [-0.25, -0.2) is 0 Å². The van der Waals surface area contributed by atoms with E-state index in [-0.39, 0.29) is 6.04 Å². The minimum Gasteiger partial charge on any atom is -0.379 e. The lowest BCUT2D eigenvalue weighted by Crippen LogP contribution is -2.16. The zero-order chi connectivity index (χ0) is 30.2. The first-order chi connectivity index (χ1) is 22.2. The predicted molar refractivity (Wildman–Crippen MR) is 185 cm³/mol. The molecule has 3 aromatic heterocycles. The van der Waals surface area contributed by atoms with Crippen molar-refractivity contribution in [2.75, 3.05) is 0 Å². The van der Waals surface area contributed by atoms with E-state index in [0.29, 0.717) is 5.92 Å². The number of hydrogen-bond donors (Lipinski definition) is 1. The Labute approximate surface area is 263 Å². The van der Waals surface area contributed by atoms with Crippen LogP contribution in [0.15, 0.2) is 140 Å². The van der Waals surface area contributed by atoms with E-state index in [2.05, 4.69) is 114 Å². The van der Waals surface area contributed by atoms with Gasteiger partial charge in [-0.15, -0.1) is 0 Å². The number of allylic oxidation sites excluding steroid dienone is 3. The number of aromatic nitrogens is 3. The standard InChI is InChI=1S/C41H32N4/c1-27-23-34-35(24-33(27)28-11-3-2-4-12-28)41(30-18-20-39(45-26-30)37-16-8-10-22-43-37)32-14-6-5-13-31(32)40(34)29-17-19-38(44-25-29)36-15-7-9-21-42-36/h2-22,24-27,37,43H,23H2,1H3. The average Bonchev–Trinajstić information content (AvgIpc) is 3.12. The van der Waals surface area contributed by atoms with Crippen LogP contribution >= 0.6 is 0 Å². The van der Waals surface area contributed by atoms with Crippen molar-refractivity contribution in [3.05, 3.63) is 162 Å². The molecule has 0 saturated carbocycles. The van der Waals surface area contributed by atoms with Gasteiger partial charge in [0.15, 0.2) is 0 Å². The molecule has 1 aliphatic carbocycles. The van der Waals surface area contributed by atoms with Crippen molar-refractivity contribution in [1.29, 1.82) is 0 Å². The first-order valence-corrected chi connectivity index (χ1v) is 15.5. The summed E-state index contributed by atoms with van der Waals surface area (Å²) >= 11 is 0. The Kier molecular flexibility index (Phi) is 6.88. The highest BCUT2D eigenvalue weighted by Gasteiger charge is 2.27. The van der Waals surface area contributed by atoms with Crippen LogP contribution in [0.25, 0.3) is 56.1 Å². The maximum atomic E-state index is 4.96. The van der Waals surface area contributed by atoms with Crippen LogP contribution in [0.1, 0.15) is 35.3 Å². The Hall–Kier alpha value is -5.61. The summed E-state index contributed by atoms with van der Waals surface area (Å²) in [6.45, 7) is 2.35. The summed E-state index contributed by atoms with van der Waals surface area (Å²) in [6.07, 6.45) is 17.4. The van der Waals surface area contributed by atoms with Gasteiger partial charge in [-0.05, 0) is 99.1 Å². The fourth-order valence-corrected chi connectivity index (χ4v) is 6.81. The molecule has 0 bridgehead atoms. The van der Waals surface area contributed by atoms with E-state index in [9.17, 15) is 0 Å². The zero-order valence-corrected chi connectivity index (χ0v) is 25.1. The third kappa shape index (κ3) is 4.95. The molecule has 0 radical (unpaired) electrons. The first kappa shape index (κ1) is 27.0. The molecule has 8 rings (SSSR count). The minimum atomic E-state index is 0.0732. The monoisotopic (exact) mass is 580 g/mol. The van der Waals surface area contributed by atoms with Gasteiger partial charge in [0.2, 0.25) is 0 Å². The van der Waals surface area contributed by atoms with Crippen molar-refractivity contribution >= 4 is 22.4 Å². The van der Waals surface area contributed by atoms with Crippen molar-refractivity contribution in [2.45, 2.75) is 19.4 Å². The molecule has 0 fully saturated rings. The molecule has 2 atom stereocenters. The lowest BCUT2D eigenvalue weighted by molar-refractivity contribution is 0.721. The summed E-state index contributed by atoms with van der Waals surface area (Å²) in [6, 6.07) is 34.3. The first-order valence-electron chi connectivity index (χ1n) is 15.5. The van der Waals surface area contributed by atoms with Crippen molar-refractivity contribution in [3.63, 3.8) is 0 Å². The normalized spacial score (nSPS) is 17.0. The van der Waals surface area contributed by atoms with Gasteiger partial charge < -0.3 is 5.32 Å². The number of benzene rings is 3. The van der Waals surface area contributed by atoms with Crippen LogP contribution in [0.3, 0.4) is 0 Å². The molecule has 0 saturated heterocycles. The molecule has 4 heterocycles. The molecule has 45 heavy (non-hydrogen) atoms. The highest BCUT2D eigenvalue weighted by molar-refractivity contribution is 6.11. The number of fused-ring (bicyclic) bond motifs is 2. The lowest BCUT2D eigenvalue weighted by Gasteiger charge is -2.29. The van der Waals surface area contributed by atoms with E-state index in [4.69, 9.17) is 9.97 Å². The molecule has 1 N–H and O–H groups in total. The number of dihydropyridines is 1. The van der Waals surface area contributed by atoms with Crippen LogP contribution in [-0.2, 0) is 6.42 Å². The van der Waals surface area contributed by atoms with Gasteiger partial charge in [-0.3, -0.25) is 15.0 Å². The number of hydrogen-bond acceptors (Lipinski definition) is 4. The largest absolute Gasteiger partial charge is 0.379 e. The van der Waals surface area contributed by atoms with Gasteiger partial charge in [0.1, 0.15) is 0 Å². The van der Waals surface area contributed by atoms with E-state index in [1.165, 1.54) is 44.2 Å². The maximum absolute atomic E-state index is 4.96. The summed E-state index contributed by atoms with van der Waals surface area (Å²) in [4.78, 5) is 14.4. The SMILES string of the molecule is CC1Cc2c(c(-c3ccc(C4C=CC=CN4)nc3)c3ccccc3c2-c2ccc(-c3ccccn3)nc2)C=C1c1ccccc1. The Bertz CT molecular complexity index is 2090. The molecule has 1 aliphatic heterocycles. The van der Waals surface area contributed by atoms with Crippen molar-refractivity contribution in [1.82, 2.24) is 20.3 Å². The third-order valence-electron chi connectivity index (χ3n) is 8.97. The van der Waals surface area contributed by atoms with Crippen LogP contribution in [0.5, 0.6) is 0 Å². The van der Waals surface area contributed by atoms with Gasteiger partial charge >= 0.3 is 0 Å². The zero-order valence-electron chi connectivity index (χ0n) is 25.1. The predicted octanol–water partition coefficient (Wildman–Crippen LogP) is 9.47. The van der Waals surface area contributed by atoms with Crippen LogP contribution < -0.4 is 5.32 Å². The van der Waals surface area contributed by atoms with Gasteiger partial charge in [0, 0.05) is 29.7 Å². The van der Waals surface area contributed by atoms with E-state index < -0.39 is 0 Å². The van der Waals surface area contributed by atoms with Crippen LogP contribution in [-0.4, -0.2) is 15.0 Å². The summed E-state index contributed by atoms with van der Waals surface area (Å²) < 4.78 is 0. The average molecular weight is 581 g/mol. The minimum absolute atomic E-state index is 0.0732. The molecule has 4 heteroatoms. The van der Waals surface area contributed by atoms with E-state index in [0.717, 1.165) is 34.6 Å². The van der Waals surface area contributed by atoms with E-state index in [1.807, 2.05) is 49.1 Å². The van der Waals surface area contributed by atoms with Crippen LogP contribution in [0.2, 0.25) is 0 Å². The van der Waals surface area contributed by atoms with E-state index in [1.54, 1.807) is 0 Å². The van der Waals surface area contributed by atoms with Gasteiger partial charge in [-0.2, -0.15) is 0 Å². The Balaban J connectivity index is 1.35. The molecule has 2 aliphatic rings. The van der Waals surface area contributed by atoms with Gasteiger partial charge in [0.25, 0.3) is 0 Å². The quantitative estimate of drug-likeness (QED) is 0.221. The van der Waals surface area contributed by atoms with Crippen LogP contribution in [0, 0.1) is 5.92 Å². The molecule has 0 spiro atoms. The summed E-state index contributed by atoms with van der Waals surface area (Å²) in [7, 11) is 0. The highest BCUT2D eigenvalue weighted by atomic mass is 14.9. The Morgan fingerprint density at radius 1 is 0.644 bits per heavy atom.